The van der Waals surface area contributed by atoms with Gasteiger partial charge in [-0.3, -0.25) is 14.4 Å². The van der Waals surface area contributed by atoms with E-state index in [4.69, 9.17) is 14.2 Å². The van der Waals surface area contributed by atoms with E-state index in [-0.39, 0.29) is 0 Å². The van der Waals surface area contributed by atoms with Crippen LogP contribution >= 0.6 is 0 Å². The van der Waals surface area contributed by atoms with Crippen molar-refractivity contribution in [1.82, 2.24) is 0 Å². The number of methoxy groups -OCH3 is 3. The minimum Gasteiger partial charge on any atom is -0.496 e. The Morgan fingerprint density at radius 2 is 0.694 bits per heavy atom. The summed E-state index contributed by atoms with van der Waals surface area (Å²) in [4.78, 5) is 34.9. The molecule has 0 aromatic heterocycles. The molecule has 0 saturated heterocycles. The SMILES string of the molecule is COc1ccc(-c2cc(-c3ccc(OC)c(C=O)c3)cc(-c3ccc(OC)c(C=O)c3)c2)cc1C=O. The molecule has 180 valence electrons. The van der Waals surface area contributed by atoms with Crippen LogP contribution in [0.5, 0.6) is 17.2 Å². The minimum atomic E-state index is 0.433. The first kappa shape index (κ1) is 24.4. The van der Waals surface area contributed by atoms with Crippen LogP contribution in [-0.2, 0) is 0 Å². The first-order valence-corrected chi connectivity index (χ1v) is 11.1. The van der Waals surface area contributed by atoms with Crippen molar-refractivity contribution in [2.45, 2.75) is 0 Å². The summed E-state index contributed by atoms with van der Waals surface area (Å²) in [5.74, 6) is 1.46. The van der Waals surface area contributed by atoms with E-state index in [0.717, 1.165) is 52.2 Å². The van der Waals surface area contributed by atoms with E-state index < -0.39 is 0 Å². The van der Waals surface area contributed by atoms with Crippen molar-refractivity contribution in [2.24, 2.45) is 0 Å². The second-order valence-electron chi connectivity index (χ2n) is 8.02. The molecule has 6 heteroatoms. The van der Waals surface area contributed by atoms with E-state index in [1.807, 2.05) is 36.4 Å². The first-order chi connectivity index (χ1) is 17.5. The molecule has 0 spiro atoms. The van der Waals surface area contributed by atoms with Crippen molar-refractivity contribution in [1.29, 1.82) is 0 Å². The Bertz CT molecular complexity index is 1270. The predicted molar refractivity (Wildman–Crippen MR) is 139 cm³/mol. The summed E-state index contributed by atoms with van der Waals surface area (Å²) in [6.07, 6.45) is 2.27. The quantitative estimate of drug-likeness (QED) is 0.267. The summed E-state index contributed by atoms with van der Waals surface area (Å²) in [6.45, 7) is 0. The van der Waals surface area contributed by atoms with Gasteiger partial charge in [-0.2, -0.15) is 0 Å². The average molecular weight is 481 g/mol. The van der Waals surface area contributed by atoms with E-state index in [1.54, 1.807) is 36.4 Å². The van der Waals surface area contributed by atoms with Gasteiger partial charge >= 0.3 is 0 Å². The molecule has 6 nitrogen and oxygen atoms in total. The molecule has 0 amide bonds. The lowest BCUT2D eigenvalue weighted by molar-refractivity contribution is 0.111. The Balaban J connectivity index is 1.95. The van der Waals surface area contributed by atoms with Gasteiger partial charge in [0.15, 0.2) is 18.9 Å². The molecule has 0 aliphatic rings. The molecule has 4 aromatic rings. The van der Waals surface area contributed by atoms with Crippen molar-refractivity contribution < 1.29 is 28.6 Å². The maximum Gasteiger partial charge on any atom is 0.153 e. The van der Waals surface area contributed by atoms with Crippen molar-refractivity contribution in [3.05, 3.63) is 89.5 Å². The van der Waals surface area contributed by atoms with Crippen LogP contribution in [0, 0.1) is 0 Å². The predicted octanol–water partition coefficient (Wildman–Crippen LogP) is 6.15. The van der Waals surface area contributed by atoms with E-state index >= 15 is 0 Å². The lowest BCUT2D eigenvalue weighted by Gasteiger charge is -2.14. The lowest BCUT2D eigenvalue weighted by Crippen LogP contribution is -1.94. The van der Waals surface area contributed by atoms with E-state index in [1.165, 1.54) is 21.3 Å². The van der Waals surface area contributed by atoms with Crippen molar-refractivity contribution in [2.75, 3.05) is 21.3 Å². The third kappa shape index (κ3) is 4.74. The highest BCUT2D eigenvalue weighted by Gasteiger charge is 2.13. The fraction of sp³-hybridized carbons (Fsp3) is 0.100. The topological polar surface area (TPSA) is 78.9 Å². The van der Waals surface area contributed by atoms with Gasteiger partial charge < -0.3 is 14.2 Å². The van der Waals surface area contributed by atoms with Crippen LogP contribution in [0.25, 0.3) is 33.4 Å². The number of benzene rings is 4. The Morgan fingerprint density at radius 1 is 0.417 bits per heavy atom. The highest BCUT2D eigenvalue weighted by molar-refractivity contribution is 5.89. The summed E-state index contributed by atoms with van der Waals surface area (Å²) >= 11 is 0. The zero-order valence-electron chi connectivity index (χ0n) is 20.1. The molecule has 0 bridgehead atoms. The second-order valence-corrected chi connectivity index (χ2v) is 8.02. The number of carbonyl (C=O) groups is 3. The summed E-state index contributed by atoms with van der Waals surface area (Å²) < 4.78 is 15.9. The monoisotopic (exact) mass is 480 g/mol. The Morgan fingerprint density at radius 3 is 0.917 bits per heavy atom. The van der Waals surface area contributed by atoms with E-state index in [2.05, 4.69) is 0 Å². The van der Waals surface area contributed by atoms with Gasteiger partial charge in [0.1, 0.15) is 17.2 Å². The van der Waals surface area contributed by atoms with Crippen molar-refractivity contribution in [3.63, 3.8) is 0 Å². The molecule has 0 unspecified atom stereocenters. The molecule has 4 rings (SSSR count). The smallest absolute Gasteiger partial charge is 0.153 e. The van der Waals surface area contributed by atoms with E-state index in [0.29, 0.717) is 33.9 Å². The normalized spacial score (nSPS) is 10.4. The highest BCUT2D eigenvalue weighted by atomic mass is 16.5. The molecule has 0 heterocycles. The van der Waals surface area contributed by atoms with Crippen molar-refractivity contribution in [3.8, 4) is 50.6 Å². The number of carbonyl (C=O) groups excluding carboxylic acids is 3. The van der Waals surface area contributed by atoms with Crippen LogP contribution in [0.3, 0.4) is 0 Å². The van der Waals surface area contributed by atoms with Crippen LogP contribution in [0.15, 0.2) is 72.8 Å². The molecule has 0 radical (unpaired) electrons. The van der Waals surface area contributed by atoms with Crippen LogP contribution in [-0.4, -0.2) is 40.2 Å². The number of ether oxygens (including phenoxy) is 3. The molecule has 0 aliphatic carbocycles. The van der Waals surface area contributed by atoms with Gasteiger partial charge in [-0.15, -0.1) is 0 Å². The number of hydrogen-bond acceptors (Lipinski definition) is 6. The molecular formula is C30H24O6. The third-order valence-electron chi connectivity index (χ3n) is 6.00. The Hall–Kier alpha value is -4.71. The van der Waals surface area contributed by atoms with E-state index in [9.17, 15) is 14.4 Å². The van der Waals surface area contributed by atoms with Gasteiger partial charge in [-0.05, 0) is 88.0 Å². The van der Waals surface area contributed by atoms with Crippen LogP contribution in [0.4, 0.5) is 0 Å². The zero-order chi connectivity index (χ0) is 25.7. The summed E-state index contributed by atoms with van der Waals surface area (Å²) in [5.41, 5.74) is 6.28. The molecular weight excluding hydrogens is 456 g/mol. The van der Waals surface area contributed by atoms with Crippen LogP contribution < -0.4 is 14.2 Å². The van der Waals surface area contributed by atoms with Gasteiger partial charge in [0, 0.05) is 0 Å². The Kier molecular flexibility index (Phi) is 7.25. The highest BCUT2D eigenvalue weighted by Crippen LogP contribution is 2.36. The minimum absolute atomic E-state index is 0.433. The van der Waals surface area contributed by atoms with Gasteiger partial charge in [0.2, 0.25) is 0 Å². The average Bonchev–Trinajstić information content (AvgIpc) is 2.95. The largest absolute Gasteiger partial charge is 0.496 e. The lowest BCUT2D eigenvalue weighted by atomic mass is 9.91. The van der Waals surface area contributed by atoms with Gasteiger partial charge in [-0.1, -0.05) is 18.2 Å². The summed E-state index contributed by atoms with van der Waals surface area (Å²) in [7, 11) is 4.55. The molecule has 0 N–H and O–H groups in total. The maximum absolute atomic E-state index is 11.6. The molecule has 0 fully saturated rings. The molecule has 4 aromatic carbocycles. The van der Waals surface area contributed by atoms with Gasteiger partial charge in [0.25, 0.3) is 0 Å². The summed E-state index contributed by atoms with van der Waals surface area (Å²) in [6, 6.07) is 22.2. The van der Waals surface area contributed by atoms with Gasteiger partial charge in [-0.25, -0.2) is 0 Å². The fourth-order valence-electron chi connectivity index (χ4n) is 4.15. The van der Waals surface area contributed by atoms with Crippen LogP contribution in [0.1, 0.15) is 31.1 Å². The standard InChI is InChI=1S/C30H24O6/c1-34-28-7-4-19(10-25(28)16-31)22-13-23(20-5-8-29(35-2)26(11-20)17-32)15-24(14-22)21-6-9-30(36-3)27(12-21)18-33/h4-18H,1-3H3. The molecule has 36 heavy (non-hydrogen) atoms. The number of hydrogen-bond donors (Lipinski definition) is 0. The molecule has 0 aliphatic heterocycles. The van der Waals surface area contributed by atoms with Gasteiger partial charge in [0.05, 0.1) is 38.0 Å². The van der Waals surface area contributed by atoms with Crippen LogP contribution in [0.2, 0.25) is 0 Å². The first-order valence-electron chi connectivity index (χ1n) is 11.1. The molecule has 0 saturated carbocycles. The second kappa shape index (κ2) is 10.7. The maximum atomic E-state index is 11.6. The summed E-state index contributed by atoms with van der Waals surface area (Å²) in [5, 5.41) is 0. The molecule has 0 atom stereocenters. The number of aldehydes is 3. The Labute approximate surface area is 209 Å². The third-order valence-corrected chi connectivity index (χ3v) is 6.00. The number of rotatable bonds is 9. The fourth-order valence-corrected chi connectivity index (χ4v) is 4.15. The van der Waals surface area contributed by atoms with Crippen molar-refractivity contribution >= 4 is 18.9 Å². The zero-order valence-corrected chi connectivity index (χ0v) is 20.1.